The first-order valence-electron chi connectivity index (χ1n) is 5.66. The molecule has 0 saturated carbocycles. The summed E-state index contributed by atoms with van der Waals surface area (Å²) in [6.07, 6.45) is 0.753. The zero-order valence-electron chi connectivity index (χ0n) is 10.2. The number of rotatable bonds is 2. The summed E-state index contributed by atoms with van der Waals surface area (Å²) in [5.41, 5.74) is 3.34. The molecule has 1 heterocycles. The van der Waals surface area contributed by atoms with E-state index in [0.29, 0.717) is 0 Å². The summed E-state index contributed by atoms with van der Waals surface area (Å²) in [6, 6.07) is 5.95. The van der Waals surface area contributed by atoms with Crippen LogP contribution in [0.25, 0.3) is 0 Å². The third-order valence-electron chi connectivity index (χ3n) is 3.29. The van der Waals surface area contributed by atoms with Crippen molar-refractivity contribution in [3.63, 3.8) is 0 Å². The normalized spacial score (nSPS) is 19.5. The van der Waals surface area contributed by atoms with Crippen LogP contribution >= 0.6 is 0 Å². The predicted molar refractivity (Wildman–Crippen MR) is 68.7 cm³/mol. The van der Waals surface area contributed by atoms with Gasteiger partial charge in [0.2, 0.25) is 5.91 Å². The van der Waals surface area contributed by atoms with Crippen molar-refractivity contribution >= 4 is 18.3 Å². The number of amides is 1. The van der Waals surface area contributed by atoms with E-state index in [4.69, 9.17) is 0 Å². The number of aliphatic imine (C=N–C) groups is 1. The van der Waals surface area contributed by atoms with Gasteiger partial charge in [0.15, 0.2) is 0 Å². The minimum atomic E-state index is -0.0740. The van der Waals surface area contributed by atoms with Crippen LogP contribution < -0.4 is 5.32 Å². The largest absolute Gasteiger partial charge is 0.358 e. The standard InChI is InChI=1S/C13H17N3O/c1-14-11-5-4-9-7-12(13(17)15-2)16(3)8-10(9)6-11/h4-6,12H,1,7-8H2,2-3H3,(H,15,17). The average molecular weight is 231 g/mol. The number of fused-ring (bicyclic) bond motifs is 1. The van der Waals surface area contributed by atoms with Crippen LogP contribution in [0.4, 0.5) is 5.69 Å². The number of hydrogen-bond acceptors (Lipinski definition) is 3. The van der Waals surface area contributed by atoms with Crippen LogP contribution in [0.15, 0.2) is 23.2 Å². The van der Waals surface area contributed by atoms with E-state index in [1.54, 1.807) is 7.05 Å². The van der Waals surface area contributed by atoms with Gasteiger partial charge in [-0.3, -0.25) is 14.7 Å². The van der Waals surface area contributed by atoms with Gasteiger partial charge in [-0.15, -0.1) is 0 Å². The summed E-state index contributed by atoms with van der Waals surface area (Å²) in [7, 11) is 3.65. The van der Waals surface area contributed by atoms with Gasteiger partial charge >= 0.3 is 0 Å². The van der Waals surface area contributed by atoms with E-state index >= 15 is 0 Å². The molecule has 0 aliphatic carbocycles. The van der Waals surface area contributed by atoms with Gasteiger partial charge in [0.05, 0.1) is 11.7 Å². The molecule has 1 unspecified atom stereocenters. The lowest BCUT2D eigenvalue weighted by atomic mass is 9.93. The Balaban J connectivity index is 2.29. The van der Waals surface area contributed by atoms with Crippen molar-refractivity contribution in [2.24, 2.45) is 4.99 Å². The smallest absolute Gasteiger partial charge is 0.237 e. The minimum Gasteiger partial charge on any atom is -0.358 e. The maximum Gasteiger partial charge on any atom is 0.237 e. The molecule has 0 spiro atoms. The number of hydrogen-bond donors (Lipinski definition) is 1. The van der Waals surface area contributed by atoms with Gasteiger partial charge in [-0.1, -0.05) is 6.07 Å². The van der Waals surface area contributed by atoms with Crippen LogP contribution in [0, 0.1) is 0 Å². The molecule has 1 aliphatic heterocycles. The van der Waals surface area contributed by atoms with E-state index in [-0.39, 0.29) is 11.9 Å². The van der Waals surface area contributed by atoms with Gasteiger partial charge in [0.1, 0.15) is 0 Å². The molecule has 1 aromatic carbocycles. The molecular formula is C13H17N3O. The molecule has 4 heteroatoms. The van der Waals surface area contributed by atoms with Gasteiger partial charge < -0.3 is 5.32 Å². The van der Waals surface area contributed by atoms with Crippen LogP contribution in [-0.4, -0.2) is 37.7 Å². The number of carbonyl (C=O) groups excluding carboxylic acids is 1. The number of likely N-dealkylation sites (N-methyl/N-ethyl adjacent to an activating group) is 2. The van der Waals surface area contributed by atoms with Crippen LogP contribution in [0.1, 0.15) is 11.1 Å². The highest BCUT2D eigenvalue weighted by Gasteiger charge is 2.28. The highest BCUT2D eigenvalue weighted by Crippen LogP contribution is 2.26. The zero-order valence-corrected chi connectivity index (χ0v) is 10.2. The van der Waals surface area contributed by atoms with Gasteiger partial charge in [-0.2, -0.15) is 0 Å². The van der Waals surface area contributed by atoms with Gasteiger partial charge in [0.25, 0.3) is 0 Å². The number of nitrogens with one attached hydrogen (secondary N) is 1. The fraction of sp³-hybridized carbons (Fsp3) is 0.385. The van der Waals surface area contributed by atoms with Crippen molar-refractivity contribution in [2.45, 2.75) is 19.0 Å². The fourth-order valence-corrected chi connectivity index (χ4v) is 2.26. The lowest BCUT2D eigenvalue weighted by molar-refractivity contribution is -0.125. The highest BCUT2D eigenvalue weighted by atomic mass is 16.2. The van der Waals surface area contributed by atoms with Crippen LogP contribution in [-0.2, 0) is 17.8 Å². The van der Waals surface area contributed by atoms with E-state index < -0.39 is 0 Å². The Bertz CT molecular complexity index is 456. The zero-order chi connectivity index (χ0) is 12.4. The number of benzene rings is 1. The van der Waals surface area contributed by atoms with Crippen LogP contribution in [0.3, 0.4) is 0 Å². The Labute approximate surface area is 101 Å². The van der Waals surface area contributed by atoms with Crippen molar-refractivity contribution in [1.29, 1.82) is 0 Å². The third-order valence-corrected chi connectivity index (χ3v) is 3.29. The summed E-state index contributed by atoms with van der Waals surface area (Å²) in [6.45, 7) is 4.30. The van der Waals surface area contributed by atoms with Crippen molar-refractivity contribution in [1.82, 2.24) is 10.2 Å². The lowest BCUT2D eigenvalue weighted by Gasteiger charge is -2.32. The first kappa shape index (κ1) is 11.8. The minimum absolute atomic E-state index is 0.0732. The molecule has 1 aliphatic rings. The topological polar surface area (TPSA) is 44.7 Å². The monoisotopic (exact) mass is 231 g/mol. The van der Waals surface area contributed by atoms with Crippen molar-refractivity contribution in [3.05, 3.63) is 29.3 Å². The Morgan fingerprint density at radius 1 is 1.53 bits per heavy atom. The molecule has 0 bridgehead atoms. The van der Waals surface area contributed by atoms with Gasteiger partial charge in [-0.25, -0.2) is 0 Å². The van der Waals surface area contributed by atoms with Crippen molar-refractivity contribution < 1.29 is 4.79 Å². The van der Waals surface area contributed by atoms with E-state index in [1.807, 2.05) is 25.2 Å². The van der Waals surface area contributed by atoms with Gasteiger partial charge in [0, 0.05) is 13.6 Å². The Kier molecular flexibility index (Phi) is 3.24. The first-order chi connectivity index (χ1) is 8.15. The van der Waals surface area contributed by atoms with E-state index in [1.165, 1.54) is 11.1 Å². The number of nitrogens with zero attached hydrogens (tertiary/aromatic N) is 2. The maximum absolute atomic E-state index is 11.7. The molecule has 1 atom stereocenters. The molecule has 90 valence electrons. The second kappa shape index (κ2) is 4.67. The predicted octanol–water partition coefficient (Wildman–Crippen LogP) is 1.12. The summed E-state index contributed by atoms with van der Waals surface area (Å²) >= 11 is 0. The summed E-state index contributed by atoms with van der Waals surface area (Å²) in [5, 5.41) is 2.71. The third kappa shape index (κ3) is 2.22. The molecule has 1 aromatic rings. The Morgan fingerprint density at radius 3 is 2.94 bits per heavy atom. The molecule has 17 heavy (non-hydrogen) atoms. The first-order valence-corrected chi connectivity index (χ1v) is 5.66. The molecule has 0 radical (unpaired) electrons. The highest BCUT2D eigenvalue weighted by molar-refractivity contribution is 5.82. The molecule has 4 nitrogen and oxygen atoms in total. The van der Waals surface area contributed by atoms with E-state index in [2.05, 4.69) is 21.9 Å². The van der Waals surface area contributed by atoms with E-state index in [9.17, 15) is 4.79 Å². The second-order valence-corrected chi connectivity index (χ2v) is 4.36. The molecule has 1 N–H and O–H groups in total. The molecule has 2 rings (SSSR count). The average Bonchev–Trinajstić information content (AvgIpc) is 2.36. The molecular weight excluding hydrogens is 214 g/mol. The SMILES string of the molecule is C=Nc1ccc2c(c1)CN(C)C(C(=O)NC)C2. The Morgan fingerprint density at radius 2 is 2.29 bits per heavy atom. The van der Waals surface area contributed by atoms with Gasteiger partial charge in [-0.05, 0) is 43.4 Å². The number of carbonyl (C=O) groups is 1. The van der Waals surface area contributed by atoms with Crippen LogP contribution in [0.2, 0.25) is 0 Å². The summed E-state index contributed by atoms with van der Waals surface area (Å²) in [4.78, 5) is 17.7. The fourth-order valence-electron chi connectivity index (χ4n) is 2.26. The maximum atomic E-state index is 11.7. The lowest BCUT2D eigenvalue weighted by Crippen LogP contribution is -2.47. The molecule has 0 saturated heterocycles. The second-order valence-electron chi connectivity index (χ2n) is 4.36. The van der Waals surface area contributed by atoms with Crippen molar-refractivity contribution in [3.8, 4) is 0 Å². The molecule has 0 aromatic heterocycles. The van der Waals surface area contributed by atoms with Crippen molar-refractivity contribution in [2.75, 3.05) is 14.1 Å². The van der Waals surface area contributed by atoms with Crippen LogP contribution in [0.5, 0.6) is 0 Å². The summed E-state index contributed by atoms with van der Waals surface area (Å²) < 4.78 is 0. The quantitative estimate of drug-likeness (QED) is 0.775. The van der Waals surface area contributed by atoms with E-state index in [0.717, 1.165) is 18.7 Å². The molecule has 0 fully saturated rings. The molecule has 1 amide bonds. The summed E-state index contributed by atoms with van der Waals surface area (Å²) in [5.74, 6) is 0.0732. The Hall–Kier alpha value is -1.68.